The van der Waals surface area contributed by atoms with Gasteiger partial charge in [-0.25, -0.2) is 0 Å². The van der Waals surface area contributed by atoms with Gasteiger partial charge in [-0.05, 0) is 69.3 Å². The van der Waals surface area contributed by atoms with Crippen LogP contribution in [0.2, 0.25) is 0 Å². The van der Waals surface area contributed by atoms with E-state index in [4.69, 9.17) is 9.47 Å². The summed E-state index contributed by atoms with van der Waals surface area (Å²) in [7, 11) is 0. The predicted octanol–water partition coefficient (Wildman–Crippen LogP) is 0.384. The molecule has 1 spiro atoms. The van der Waals surface area contributed by atoms with E-state index in [1.54, 1.807) is 0 Å². The molecule has 5 rings (SSSR count). The van der Waals surface area contributed by atoms with Gasteiger partial charge in [0.05, 0.1) is 23.7 Å². The van der Waals surface area contributed by atoms with E-state index in [-0.39, 0.29) is 11.8 Å². The van der Waals surface area contributed by atoms with Gasteiger partial charge >= 0.3 is 5.97 Å². The van der Waals surface area contributed by atoms with E-state index >= 15 is 0 Å². The van der Waals surface area contributed by atoms with Crippen molar-refractivity contribution in [1.82, 2.24) is 0 Å². The number of rotatable bonds is 3. The fraction of sp³-hybridized carbons (Fsp3) is 0.885. The summed E-state index contributed by atoms with van der Waals surface area (Å²) in [5, 5.41) is 63.6. The zero-order valence-corrected chi connectivity index (χ0v) is 20.6. The fourth-order valence-electron chi connectivity index (χ4n) is 8.93. The number of carbonyl (C=O) groups excluding carboxylic acids is 1. The summed E-state index contributed by atoms with van der Waals surface area (Å²) in [4.78, 5) is 13.7. The van der Waals surface area contributed by atoms with E-state index in [9.17, 15) is 35.4 Å². The quantitative estimate of drug-likeness (QED) is 0.240. The fourth-order valence-corrected chi connectivity index (χ4v) is 8.93. The maximum atomic E-state index is 13.7. The van der Waals surface area contributed by atoms with Crippen LogP contribution >= 0.6 is 0 Å². The third-order valence-corrected chi connectivity index (χ3v) is 11.0. The second-order valence-corrected chi connectivity index (χ2v) is 12.3. The number of aliphatic hydroxyl groups excluding tert-OH is 5. The smallest absolute Gasteiger partial charge is 0.314 e. The molecular weight excluding hydrogens is 456 g/mol. The monoisotopic (exact) mass is 496 g/mol. The minimum Gasteiger partial charge on any atom is -0.432 e. The molecule has 0 amide bonds. The minimum absolute atomic E-state index is 0.219. The van der Waals surface area contributed by atoms with E-state index in [2.05, 4.69) is 6.58 Å². The average Bonchev–Trinajstić information content (AvgIpc) is 3.03. The van der Waals surface area contributed by atoms with E-state index in [1.807, 2.05) is 13.8 Å². The Morgan fingerprint density at radius 3 is 2.46 bits per heavy atom. The molecule has 4 saturated carbocycles. The SMILES string of the molecule is C=C1[C@H]2CC[C@]3(O)[C@](CC[C@@H]4[C@](C)(C(=O)O[C@@H]5O[C@@H](CO)[C@@H](O)[C@@H](O)[C@H]5O)CCC[C@]43C)(C2)[C@H]1O. The van der Waals surface area contributed by atoms with Gasteiger partial charge in [0.25, 0.3) is 0 Å². The lowest BCUT2D eigenvalue weighted by molar-refractivity contribution is -0.303. The standard InChI is InChI=1S/C26H40O9/c1-13-14-5-10-26(33)24(3)8-4-7-23(2,16(24)6-9-25(26,11-14)20(13)31)22(32)35-21-19(30)18(29)17(28)15(12-27)34-21/h14-21,27-31,33H,1,4-12H2,2-3H3/t14-,15-,16+,17+,18+,19+,20-,21-,23+,24+,25+,26+/m0/s1. The number of ether oxygens (including phenoxy) is 2. The lowest BCUT2D eigenvalue weighted by Crippen LogP contribution is -2.71. The van der Waals surface area contributed by atoms with Crippen LogP contribution in [0.5, 0.6) is 0 Å². The molecule has 4 aliphatic carbocycles. The van der Waals surface area contributed by atoms with Crippen molar-refractivity contribution >= 4 is 5.97 Å². The summed E-state index contributed by atoms with van der Waals surface area (Å²) < 4.78 is 11.0. The van der Waals surface area contributed by atoms with Crippen LogP contribution in [0.25, 0.3) is 0 Å². The van der Waals surface area contributed by atoms with Gasteiger partial charge in [-0.15, -0.1) is 0 Å². The molecule has 5 fully saturated rings. The van der Waals surface area contributed by atoms with Gasteiger partial charge in [0.2, 0.25) is 6.29 Å². The van der Waals surface area contributed by atoms with Crippen LogP contribution < -0.4 is 0 Å². The molecule has 0 radical (unpaired) electrons. The molecule has 1 aliphatic heterocycles. The Kier molecular flexibility index (Phi) is 6.00. The molecule has 0 unspecified atom stereocenters. The minimum atomic E-state index is -1.66. The van der Waals surface area contributed by atoms with Crippen molar-refractivity contribution in [1.29, 1.82) is 0 Å². The Balaban J connectivity index is 1.43. The summed E-state index contributed by atoms with van der Waals surface area (Å²) in [6.45, 7) is 7.41. The molecule has 2 bridgehead atoms. The lowest BCUT2D eigenvalue weighted by atomic mass is 9.38. The van der Waals surface area contributed by atoms with Crippen LogP contribution in [0.3, 0.4) is 0 Å². The van der Waals surface area contributed by atoms with Crippen LogP contribution in [0.1, 0.15) is 65.2 Å². The first-order valence-electron chi connectivity index (χ1n) is 13.0. The summed E-state index contributed by atoms with van der Waals surface area (Å²) >= 11 is 0. The number of fused-ring (bicyclic) bond motifs is 3. The number of hydrogen-bond acceptors (Lipinski definition) is 9. The highest BCUT2D eigenvalue weighted by molar-refractivity contribution is 5.77. The van der Waals surface area contributed by atoms with Crippen molar-refractivity contribution in [2.45, 2.75) is 108 Å². The third kappa shape index (κ3) is 3.15. The van der Waals surface area contributed by atoms with Gasteiger partial charge in [-0.1, -0.05) is 19.9 Å². The van der Waals surface area contributed by atoms with Gasteiger partial charge in [0, 0.05) is 10.8 Å². The Morgan fingerprint density at radius 1 is 1.06 bits per heavy atom. The van der Waals surface area contributed by atoms with E-state index in [0.29, 0.717) is 32.1 Å². The second-order valence-electron chi connectivity index (χ2n) is 12.3. The molecule has 9 nitrogen and oxygen atoms in total. The van der Waals surface area contributed by atoms with Crippen molar-refractivity contribution in [2.24, 2.45) is 28.1 Å². The summed E-state index contributed by atoms with van der Waals surface area (Å²) in [6, 6.07) is 0. The molecule has 6 N–H and O–H groups in total. The van der Waals surface area contributed by atoms with Crippen molar-refractivity contribution < 1.29 is 44.9 Å². The predicted molar refractivity (Wildman–Crippen MR) is 123 cm³/mol. The summed E-state index contributed by atoms with van der Waals surface area (Å²) in [6.07, 6.45) is -3.08. The summed E-state index contributed by atoms with van der Waals surface area (Å²) in [5.74, 6) is -0.603. The zero-order valence-electron chi connectivity index (χ0n) is 20.6. The van der Waals surface area contributed by atoms with Gasteiger partial charge in [-0.2, -0.15) is 0 Å². The van der Waals surface area contributed by atoms with Crippen molar-refractivity contribution in [3.05, 3.63) is 12.2 Å². The second kappa shape index (κ2) is 8.21. The number of aliphatic hydroxyl groups is 6. The first kappa shape index (κ1) is 25.6. The normalized spacial score (nSPS) is 55.7. The van der Waals surface area contributed by atoms with Gasteiger partial charge < -0.3 is 40.1 Å². The zero-order chi connectivity index (χ0) is 25.6. The lowest BCUT2D eigenvalue weighted by Gasteiger charge is -2.68. The Bertz CT molecular complexity index is 892. The largest absolute Gasteiger partial charge is 0.432 e. The molecule has 198 valence electrons. The molecule has 0 aromatic rings. The van der Waals surface area contributed by atoms with Crippen LogP contribution in [-0.4, -0.2) is 85.6 Å². The Morgan fingerprint density at radius 2 is 1.77 bits per heavy atom. The molecule has 35 heavy (non-hydrogen) atoms. The van der Waals surface area contributed by atoms with Crippen molar-refractivity contribution in [3.63, 3.8) is 0 Å². The molecule has 0 aromatic carbocycles. The van der Waals surface area contributed by atoms with Crippen LogP contribution in [0.15, 0.2) is 12.2 Å². The Hall–Kier alpha value is -1.07. The number of hydrogen-bond donors (Lipinski definition) is 6. The summed E-state index contributed by atoms with van der Waals surface area (Å²) in [5.41, 5.74) is -2.60. The first-order valence-corrected chi connectivity index (χ1v) is 13.0. The Labute approximate surface area is 205 Å². The number of esters is 1. The highest BCUT2D eigenvalue weighted by Gasteiger charge is 2.75. The maximum absolute atomic E-state index is 13.7. The first-order chi connectivity index (χ1) is 16.4. The van der Waals surface area contributed by atoms with Crippen molar-refractivity contribution in [2.75, 3.05) is 6.61 Å². The number of carbonyl (C=O) groups is 1. The van der Waals surface area contributed by atoms with Crippen molar-refractivity contribution in [3.8, 4) is 0 Å². The molecule has 12 atom stereocenters. The van der Waals surface area contributed by atoms with E-state index in [0.717, 1.165) is 24.8 Å². The van der Waals surface area contributed by atoms with Crippen LogP contribution in [0.4, 0.5) is 0 Å². The molecule has 1 heterocycles. The molecule has 9 heteroatoms. The highest BCUT2D eigenvalue weighted by Crippen LogP contribution is 2.73. The average molecular weight is 497 g/mol. The van der Waals surface area contributed by atoms with E-state index in [1.165, 1.54) is 0 Å². The molecule has 0 aromatic heterocycles. The maximum Gasteiger partial charge on any atom is 0.314 e. The van der Waals surface area contributed by atoms with E-state index < -0.39 is 71.2 Å². The topological polar surface area (TPSA) is 157 Å². The van der Waals surface area contributed by atoms with Gasteiger partial charge in [0.1, 0.15) is 24.4 Å². The van der Waals surface area contributed by atoms with Crippen LogP contribution in [0, 0.1) is 28.1 Å². The molecular formula is C26H40O9. The molecule has 5 aliphatic rings. The van der Waals surface area contributed by atoms with Gasteiger partial charge in [0.15, 0.2) is 0 Å². The van der Waals surface area contributed by atoms with Crippen LogP contribution in [-0.2, 0) is 14.3 Å². The third-order valence-electron chi connectivity index (χ3n) is 11.0. The molecule has 1 saturated heterocycles. The van der Waals surface area contributed by atoms with Gasteiger partial charge in [-0.3, -0.25) is 4.79 Å². The highest BCUT2D eigenvalue weighted by atomic mass is 16.7.